The van der Waals surface area contributed by atoms with Crippen LogP contribution in [0.25, 0.3) is 0 Å². The third kappa shape index (κ3) is 3.97. The van der Waals surface area contributed by atoms with Crippen molar-refractivity contribution in [3.8, 4) is 5.75 Å². The summed E-state index contributed by atoms with van der Waals surface area (Å²) in [4.78, 5) is 0. The molecule has 3 unspecified atom stereocenters. The second-order valence-electron chi connectivity index (χ2n) is 5.88. The predicted molar refractivity (Wildman–Crippen MR) is 80.4 cm³/mol. The lowest BCUT2D eigenvalue weighted by Crippen LogP contribution is -2.41. The standard InChI is InChI=1S/C17H27NO/c1-3-13-7-10-17(18-4-2)15(11-13)12-14-5-8-16(19)9-6-14/h5-6,8-9,13,15,17-19H,3-4,7,10-12H2,1-2H3. The third-order valence-corrected chi connectivity index (χ3v) is 4.57. The maximum absolute atomic E-state index is 9.37. The summed E-state index contributed by atoms with van der Waals surface area (Å²) in [6.07, 6.45) is 6.48. The highest BCUT2D eigenvalue weighted by molar-refractivity contribution is 5.26. The highest BCUT2D eigenvalue weighted by Crippen LogP contribution is 2.33. The van der Waals surface area contributed by atoms with Crippen molar-refractivity contribution in [2.75, 3.05) is 6.54 Å². The summed E-state index contributed by atoms with van der Waals surface area (Å²) in [5.41, 5.74) is 1.35. The van der Waals surface area contributed by atoms with E-state index in [4.69, 9.17) is 0 Å². The number of phenols is 1. The fourth-order valence-corrected chi connectivity index (χ4v) is 3.42. The number of rotatable bonds is 5. The zero-order chi connectivity index (χ0) is 13.7. The first-order valence-electron chi connectivity index (χ1n) is 7.74. The largest absolute Gasteiger partial charge is 0.508 e. The minimum absolute atomic E-state index is 0.363. The van der Waals surface area contributed by atoms with Gasteiger partial charge in [-0.25, -0.2) is 0 Å². The number of hydrogen-bond acceptors (Lipinski definition) is 2. The first-order valence-corrected chi connectivity index (χ1v) is 7.74. The molecular formula is C17H27NO. The molecule has 2 nitrogen and oxygen atoms in total. The normalized spacial score (nSPS) is 27.4. The second-order valence-corrected chi connectivity index (χ2v) is 5.88. The lowest BCUT2D eigenvalue weighted by atomic mass is 9.74. The lowest BCUT2D eigenvalue weighted by molar-refractivity contribution is 0.200. The maximum atomic E-state index is 9.37. The Hall–Kier alpha value is -1.02. The Bertz CT molecular complexity index is 373. The molecule has 3 atom stereocenters. The van der Waals surface area contributed by atoms with Gasteiger partial charge in [-0.1, -0.05) is 32.4 Å². The van der Waals surface area contributed by atoms with Gasteiger partial charge in [0.25, 0.3) is 0 Å². The van der Waals surface area contributed by atoms with Crippen molar-refractivity contribution in [3.63, 3.8) is 0 Å². The van der Waals surface area contributed by atoms with Gasteiger partial charge >= 0.3 is 0 Å². The summed E-state index contributed by atoms with van der Waals surface area (Å²) in [6.45, 7) is 5.58. The van der Waals surface area contributed by atoms with Crippen LogP contribution < -0.4 is 5.32 Å². The van der Waals surface area contributed by atoms with Gasteiger partial charge in [-0.3, -0.25) is 0 Å². The molecule has 106 valence electrons. The zero-order valence-corrected chi connectivity index (χ0v) is 12.2. The molecule has 1 aliphatic rings. The van der Waals surface area contributed by atoms with E-state index in [1.54, 1.807) is 12.1 Å². The molecule has 0 radical (unpaired) electrons. The van der Waals surface area contributed by atoms with Crippen LogP contribution in [0.5, 0.6) is 5.75 Å². The van der Waals surface area contributed by atoms with E-state index in [0.29, 0.717) is 11.8 Å². The van der Waals surface area contributed by atoms with E-state index in [1.165, 1.54) is 31.2 Å². The Morgan fingerprint density at radius 1 is 1.16 bits per heavy atom. The highest BCUT2D eigenvalue weighted by atomic mass is 16.3. The Morgan fingerprint density at radius 3 is 2.53 bits per heavy atom. The molecule has 0 heterocycles. The Labute approximate surface area is 117 Å². The zero-order valence-electron chi connectivity index (χ0n) is 12.2. The molecule has 0 aromatic heterocycles. The summed E-state index contributed by atoms with van der Waals surface area (Å²) in [5.74, 6) is 2.00. The number of phenolic OH excluding ortho intramolecular Hbond substituents is 1. The second kappa shape index (κ2) is 6.95. The van der Waals surface area contributed by atoms with Crippen molar-refractivity contribution in [2.24, 2.45) is 11.8 Å². The van der Waals surface area contributed by atoms with Gasteiger partial charge in [0.2, 0.25) is 0 Å². The topological polar surface area (TPSA) is 32.3 Å². The molecule has 0 saturated heterocycles. The van der Waals surface area contributed by atoms with Gasteiger partial charge in [-0.2, -0.15) is 0 Å². The van der Waals surface area contributed by atoms with Gasteiger partial charge < -0.3 is 10.4 Å². The molecule has 1 aromatic rings. The molecule has 1 saturated carbocycles. The van der Waals surface area contributed by atoms with Crippen molar-refractivity contribution in [2.45, 2.75) is 52.0 Å². The molecule has 0 aliphatic heterocycles. The van der Waals surface area contributed by atoms with Crippen molar-refractivity contribution in [3.05, 3.63) is 29.8 Å². The van der Waals surface area contributed by atoms with Crippen molar-refractivity contribution in [1.82, 2.24) is 5.32 Å². The van der Waals surface area contributed by atoms with E-state index in [9.17, 15) is 5.11 Å². The van der Waals surface area contributed by atoms with Crippen molar-refractivity contribution < 1.29 is 5.11 Å². The van der Waals surface area contributed by atoms with E-state index >= 15 is 0 Å². The van der Waals surface area contributed by atoms with Gasteiger partial charge in [0.1, 0.15) is 5.75 Å². The Kier molecular flexibility index (Phi) is 5.26. The smallest absolute Gasteiger partial charge is 0.115 e. The van der Waals surface area contributed by atoms with Crippen LogP contribution >= 0.6 is 0 Å². The van der Waals surface area contributed by atoms with Crippen LogP contribution in [0.1, 0.15) is 45.1 Å². The van der Waals surface area contributed by atoms with Crippen molar-refractivity contribution in [1.29, 1.82) is 0 Å². The van der Waals surface area contributed by atoms with E-state index < -0.39 is 0 Å². The fourth-order valence-electron chi connectivity index (χ4n) is 3.42. The van der Waals surface area contributed by atoms with Crippen LogP contribution in [-0.2, 0) is 6.42 Å². The van der Waals surface area contributed by atoms with Gasteiger partial charge in [-0.15, -0.1) is 0 Å². The van der Waals surface area contributed by atoms with Crippen LogP contribution in [0.4, 0.5) is 0 Å². The molecular weight excluding hydrogens is 234 g/mol. The van der Waals surface area contributed by atoms with Gasteiger partial charge in [0.05, 0.1) is 0 Å². The van der Waals surface area contributed by atoms with Crippen LogP contribution in [0.15, 0.2) is 24.3 Å². The quantitative estimate of drug-likeness (QED) is 0.846. The van der Waals surface area contributed by atoms with Crippen LogP contribution in [0.2, 0.25) is 0 Å². The summed E-state index contributed by atoms with van der Waals surface area (Å²) < 4.78 is 0. The average molecular weight is 261 g/mol. The number of hydrogen-bond donors (Lipinski definition) is 2. The summed E-state index contributed by atoms with van der Waals surface area (Å²) in [6, 6.07) is 8.40. The molecule has 19 heavy (non-hydrogen) atoms. The summed E-state index contributed by atoms with van der Waals surface area (Å²) in [7, 11) is 0. The first kappa shape index (κ1) is 14.4. The first-order chi connectivity index (χ1) is 9.22. The van der Waals surface area contributed by atoms with Crippen LogP contribution in [0.3, 0.4) is 0 Å². The molecule has 1 aromatic carbocycles. The molecule has 2 rings (SSSR count). The molecule has 1 fully saturated rings. The molecule has 2 N–H and O–H groups in total. The SMILES string of the molecule is CCNC1CCC(CC)CC1Cc1ccc(O)cc1. The summed E-state index contributed by atoms with van der Waals surface area (Å²) in [5, 5.41) is 13.0. The number of benzene rings is 1. The highest BCUT2D eigenvalue weighted by Gasteiger charge is 2.29. The van der Waals surface area contributed by atoms with Gasteiger partial charge in [0, 0.05) is 6.04 Å². The minimum Gasteiger partial charge on any atom is -0.508 e. The molecule has 2 heteroatoms. The Morgan fingerprint density at radius 2 is 1.89 bits per heavy atom. The maximum Gasteiger partial charge on any atom is 0.115 e. The van der Waals surface area contributed by atoms with Gasteiger partial charge in [0.15, 0.2) is 0 Å². The predicted octanol–water partition coefficient (Wildman–Crippen LogP) is 3.74. The monoisotopic (exact) mass is 261 g/mol. The van der Waals surface area contributed by atoms with Crippen molar-refractivity contribution >= 4 is 0 Å². The lowest BCUT2D eigenvalue weighted by Gasteiger charge is -2.36. The average Bonchev–Trinajstić information content (AvgIpc) is 2.43. The number of nitrogens with one attached hydrogen (secondary N) is 1. The van der Waals surface area contributed by atoms with Crippen LogP contribution in [0, 0.1) is 11.8 Å². The van der Waals surface area contributed by atoms with E-state index in [2.05, 4.69) is 31.3 Å². The fraction of sp³-hybridized carbons (Fsp3) is 0.647. The summed E-state index contributed by atoms with van der Waals surface area (Å²) >= 11 is 0. The number of aromatic hydroxyl groups is 1. The third-order valence-electron chi connectivity index (χ3n) is 4.57. The minimum atomic E-state index is 0.363. The molecule has 0 spiro atoms. The molecule has 0 bridgehead atoms. The van der Waals surface area contributed by atoms with E-state index in [0.717, 1.165) is 24.8 Å². The molecule has 1 aliphatic carbocycles. The molecule has 0 amide bonds. The Balaban J connectivity index is 2.02. The van der Waals surface area contributed by atoms with Crippen LogP contribution in [-0.4, -0.2) is 17.7 Å². The van der Waals surface area contributed by atoms with E-state index in [-0.39, 0.29) is 0 Å². The van der Waals surface area contributed by atoms with Gasteiger partial charge in [-0.05, 0) is 61.8 Å². The van der Waals surface area contributed by atoms with E-state index in [1.807, 2.05) is 0 Å².